The summed E-state index contributed by atoms with van der Waals surface area (Å²) in [5, 5.41) is 0. The van der Waals surface area contributed by atoms with E-state index in [0.29, 0.717) is 6.42 Å². The molecule has 1 aliphatic heterocycles. The first-order valence-corrected chi connectivity index (χ1v) is 7.49. The number of carbonyl (C=O) groups excluding carboxylic acids is 1. The van der Waals surface area contributed by atoms with Gasteiger partial charge in [-0.1, -0.05) is 0 Å². The third kappa shape index (κ3) is 4.28. The average Bonchev–Trinajstić information content (AvgIpc) is 2.98. The van der Waals surface area contributed by atoms with Gasteiger partial charge >= 0.3 is 0 Å². The first-order chi connectivity index (χ1) is 10.0. The Balaban J connectivity index is 1.93. The summed E-state index contributed by atoms with van der Waals surface area (Å²) in [5.41, 5.74) is 0.912. The van der Waals surface area contributed by atoms with Gasteiger partial charge in [0, 0.05) is 52.6 Å². The Morgan fingerprint density at radius 3 is 3.00 bits per heavy atom. The van der Waals surface area contributed by atoms with E-state index >= 15 is 0 Å². The van der Waals surface area contributed by atoms with E-state index in [9.17, 15) is 4.79 Å². The molecule has 1 aromatic rings. The number of hydrogen-bond acceptors (Lipinski definition) is 4. The zero-order chi connectivity index (χ0) is 15.3. The fraction of sp³-hybridized carbons (Fsp3) is 0.733. The monoisotopic (exact) mass is 294 g/mol. The van der Waals surface area contributed by atoms with Crippen molar-refractivity contribution in [1.29, 1.82) is 0 Å². The van der Waals surface area contributed by atoms with Crippen molar-refractivity contribution in [3.8, 4) is 0 Å². The SMILES string of the molecule is CO[C@]1(CCC(=O)N(C)C)CCCN(Cc2cnc[nH]2)C1. The van der Waals surface area contributed by atoms with Crippen molar-refractivity contribution in [3.63, 3.8) is 0 Å². The van der Waals surface area contributed by atoms with Crippen LogP contribution in [0.15, 0.2) is 12.5 Å². The number of H-pyrrole nitrogens is 1. The van der Waals surface area contributed by atoms with Crippen LogP contribution in [0.5, 0.6) is 0 Å². The molecule has 6 heteroatoms. The standard InChI is InChI=1S/C15H26N4O2/c1-18(2)14(20)5-7-15(21-3)6-4-8-19(11-15)10-13-9-16-12-17-13/h9,12H,4-8,10-11H2,1-3H3,(H,16,17)/t15-/m0/s1. The van der Waals surface area contributed by atoms with Crippen LogP contribution >= 0.6 is 0 Å². The molecule has 0 spiro atoms. The first kappa shape index (κ1) is 16.0. The van der Waals surface area contributed by atoms with Crippen LogP contribution < -0.4 is 0 Å². The Morgan fingerprint density at radius 2 is 2.38 bits per heavy atom. The number of piperidine rings is 1. The second-order valence-corrected chi connectivity index (χ2v) is 6.07. The summed E-state index contributed by atoms with van der Waals surface area (Å²) >= 11 is 0. The van der Waals surface area contributed by atoms with E-state index < -0.39 is 0 Å². The Bertz CT molecular complexity index is 447. The Labute approximate surface area is 126 Å². The normalized spacial score (nSPS) is 23.2. The molecule has 118 valence electrons. The highest BCUT2D eigenvalue weighted by Gasteiger charge is 2.35. The van der Waals surface area contributed by atoms with Gasteiger partial charge in [-0.3, -0.25) is 9.69 Å². The minimum Gasteiger partial charge on any atom is -0.377 e. The maximum absolute atomic E-state index is 11.8. The molecule has 1 fully saturated rings. The minimum absolute atomic E-state index is 0.164. The lowest BCUT2D eigenvalue weighted by molar-refractivity contribution is -0.132. The van der Waals surface area contributed by atoms with Gasteiger partial charge in [-0.15, -0.1) is 0 Å². The number of ether oxygens (including phenoxy) is 1. The van der Waals surface area contributed by atoms with E-state index in [1.165, 1.54) is 0 Å². The van der Waals surface area contributed by atoms with Crippen LogP contribution in [0.25, 0.3) is 0 Å². The van der Waals surface area contributed by atoms with Crippen molar-refractivity contribution in [1.82, 2.24) is 19.8 Å². The van der Waals surface area contributed by atoms with Crippen LogP contribution in [0.4, 0.5) is 0 Å². The highest BCUT2D eigenvalue weighted by atomic mass is 16.5. The fourth-order valence-corrected chi connectivity index (χ4v) is 2.97. The molecule has 6 nitrogen and oxygen atoms in total. The van der Waals surface area contributed by atoms with Crippen molar-refractivity contribution < 1.29 is 9.53 Å². The molecule has 1 amide bonds. The van der Waals surface area contributed by atoms with Gasteiger partial charge in [0.25, 0.3) is 0 Å². The number of nitrogens with zero attached hydrogens (tertiary/aromatic N) is 3. The van der Waals surface area contributed by atoms with Crippen LogP contribution in [-0.2, 0) is 16.1 Å². The summed E-state index contributed by atoms with van der Waals surface area (Å²) in [6, 6.07) is 0. The molecule has 1 N–H and O–H groups in total. The number of carbonyl (C=O) groups is 1. The first-order valence-electron chi connectivity index (χ1n) is 7.49. The fourth-order valence-electron chi connectivity index (χ4n) is 2.97. The number of methoxy groups -OCH3 is 1. The lowest BCUT2D eigenvalue weighted by Gasteiger charge is -2.42. The summed E-state index contributed by atoms with van der Waals surface area (Å²) in [7, 11) is 5.36. The second-order valence-electron chi connectivity index (χ2n) is 6.07. The van der Waals surface area contributed by atoms with Crippen LogP contribution in [0, 0.1) is 0 Å². The van der Waals surface area contributed by atoms with Gasteiger partial charge in [-0.05, 0) is 25.8 Å². The molecule has 2 rings (SSSR count). The molecule has 1 aromatic heterocycles. The molecular weight excluding hydrogens is 268 g/mol. The lowest BCUT2D eigenvalue weighted by Crippen LogP contribution is -2.49. The number of hydrogen-bond donors (Lipinski definition) is 1. The van der Waals surface area contributed by atoms with Gasteiger partial charge in [0.2, 0.25) is 5.91 Å². The molecule has 0 saturated carbocycles. The Morgan fingerprint density at radius 1 is 1.57 bits per heavy atom. The van der Waals surface area contributed by atoms with E-state index in [2.05, 4.69) is 14.9 Å². The Hall–Kier alpha value is -1.40. The summed E-state index contributed by atoms with van der Waals surface area (Å²) in [5.74, 6) is 0.164. The summed E-state index contributed by atoms with van der Waals surface area (Å²) in [6.45, 7) is 2.78. The van der Waals surface area contributed by atoms with Crippen molar-refractivity contribution in [2.24, 2.45) is 0 Å². The van der Waals surface area contributed by atoms with Crippen LogP contribution in [0.2, 0.25) is 0 Å². The highest BCUT2D eigenvalue weighted by molar-refractivity contribution is 5.75. The van der Waals surface area contributed by atoms with Gasteiger partial charge < -0.3 is 14.6 Å². The average molecular weight is 294 g/mol. The van der Waals surface area contributed by atoms with E-state index in [1.54, 1.807) is 32.4 Å². The largest absolute Gasteiger partial charge is 0.377 e. The molecule has 0 aromatic carbocycles. The third-order valence-corrected chi connectivity index (χ3v) is 4.29. The predicted octanol–water partition coefficient (Wildman–Crippen LogP) is 1.26. The zero-order valence-corrected chi connectivity index (χ0v) is 13.3. The number of imidazole rings is 1. The van der Waals surface area contributed by atoms with Gasteiger partial charge in [0.15, 0.2) is 0 Å². The second kappa shape index (κ2) is 7.04. The molecule has 1 saturated heterocycles. The van der Waals surface area contributed by atoms with Gasteiger partial charge in [-0.25, -0.2) is 4.98 Å². The van der Waals surface area contributed by atoms with Crippen molar-refractivity contribution in [2.45, 2.75) is 37.8 Å². The van der Waals surface area contributed by atoms with Gasteiger partial charge in [0.05, 0.1) is 11.9 Å². The molecule has 0 aliphatic carbocycles. The minimum atomic E-state index is -0.204. The summed E-state index contributed by atoms with van der Waals surface area (Å²) in [4.78, 5) is 23.0. The topological polar surface area (TPSA) is 61.5 Å². The quantitative estimate of drug-likeness (QED) is 0.858. The molecule has 1 atom stereocenters. The third-order valence-electron chi connectivity index (χ3n) is 4.29. The number of nitrogens with one attached hydrogen (secondary N) is 1. The highest BCUT2D eigenvalue weighted by Crippen LogP contribution is 2.30. The zero-order valence-electron chi connectivity index (χ0n) is 13.3. The number of aromatic nitrogens is 2. The van der Waals surface area contributed by atoms with Gasteiger partial charge in [0.1, 0.15) is 0 Å². The maximum atomic E-state index is 11.8. The molecule has 21 heavy (non-hydrogen) atoms. The number of likely N-dealkylation sites (tertiary alicyclic amines) is 1. The maximum Gasteiger partial charge on any atom is 0.222 e. The molecular formula is C15H26N4O2. The number of amides is 1. The van der Waals surface area contributed by atoms with E-state index in [0.717, 1.165) is 44.6 Å². The summed E-state index contributed by atoms with van der Waals surface area (Å²) < 4.78 is 5.82. The molecule has 0 bridgehead atoms. The molecule has 0 radical (unpaired) electrons. The van der Waals surface area contributed by atoms with E-state index in [4.69, 9.17) is 4.74 Å². The van der Waals surface area contributed by atoms with Crippen molar-refractivity contribution >= 4 is 5.91 Å². The number of aromatic amines is 1. The van der Waals surface area contributed by atoms with Crippen LogP contribution in [0.3, 0.4) is 0 Å². The van der Waals surface area contributed by atoms with E-state index in [-0.39, 0.29) is 11.5 Å². The van der Waals surface area contributed by atoms with Crippen molar-refractivity contribution in [3.05, 3.63) is 18.2 Å². The smallest absolute Gasteiger partial charge is 0.222 e. The molecule has 0 unspecified atom stereocenters. The van der Waals surface area contributed by atoms with Gasteiger partial charge in [-0.2, -0.15) is 0 Å². The molecule has 2 heterocycles. The lowest BCUT2D eigenvalue weighted by atomic mass is 9.87. The summed E-state index contributed by atoms with van der Waals surface area (Å²) in [6.07, 6.45) is 7.00. The Kier molecular flexibility index (Phi) is 5.36. The predicted molar refractivity (Wildman–Crippen MR) is 80.8 cm³/mol. The number of rotatable bonds is 6. The van der Waals surface area contributed by atoms with Crippen LogP contribution in [-0.4, -0.2) is 65.6 Å². The van der Waals surface area contributed by atoms with Crippen LogP contribution in [0.1, 0.15) is 31.4 Å². The van der Waals surface area contributed by atoms with E-state index in [1.807, 2.05) is 6.20 Å². The van der Waals surface area contributed by atoms with Crippen molar-refractivity contribution in [2.75, 3.05) is 34.3 Å². The molecule has 1 aliphatic rings.